The van der Waals surface area contributed by atoms with Crippen LogP contribution >= 0.6 is 24.0 Å². The third kappa shape index (κ3) is 6.71. The summed E-state index contributed by atoms with van der Waals surface area (Å²) in [5.41, 5.74) is 1.20. The monoisotopic (exact) mass is 483 g/mol. The quantitative estimate of drug-likeness (QED) is 0.297. The molecule has 2 heterocycles. The van der Waals surface area contributed by atoms with E-state index in [0.29, 0.717) is 0 Å². The van der Waals surface area contributed by atoms with Crippen LogP contribution in [0.25, 0.3) is 0 Å². The van der Waals surface area contributed by atoms with Crippen molar-refractivity contribution in [3.63, 3.8) is 0 Å². The van der Waals surface area contributed by atoms with E-state index in [1.807, 2.05) is 48.3 Å². The Balaban J connectivity index is 0.00000261. The fourth-order valence-corrected chi connectivity index (χ4v) is 3.24. The first-order valence-corrected chi connectivity index (χ1v) is 9.41. The lowest BCUT2D eigenvalue weighted by atomic mass is 10.1. The summed E-state index contributed by atoms with van der Waals surface area (Å²) in [6, 6.07) is 10.1. The molecular formula is C20H30IN5O. The van der Waals surface area contributed by atoms with Gasteiger partial charge >= 0.3 is 0 Å². The standard InChI is InChI=1S/C20H29N5O.HI/c1-17-15-23-25(16-17)12-6-11-22-20(21-2)24-13-9-19(10-14-24)26-18-7-4-3-5-8-18;/h3-5,7-8,15-16,19H,6,9-14H2,1-2H3,(H,21,22);1H. The molecule has 1 aromatic carbocycles. The minimum absolute atomic E-state index is 0. The lowest BCUT2D eigenvalue weighted by molar-refractivity contribution is 0.129. The van der Waals surface area contributed by atoms with Crippen molar-refractivity contribution in [3.05, 3.63) is 48.3 Å². The number of guanidine groups is 1. The number of nitrogens with zero attached hydrogens (tertiary/aromatic N) is 4. The lowest BCUT2D eigenvalue weighted by Gasteiger charge is -2.34. The number of aromatic nitrogens is 2. The molecule has 27 heavy (non-hydrogen) atoms. The fraction of sp³-hybridized carbons (Fsp3) is 0.500. The van der Waals surface area contributed by atoms with E-state index < -0.39 is 0 Å². The van der Waals surface area contributed by atoms with Crippen LogP contribution in [0.4, 0.5) is 0 Å². The van der Waals surface area contributed by atoms with Crippen molar-refractivity contribution in [1.82, 2.24) is 20.0 Å². The zero-order chi connectivity index (χ0) is 18.2. The number of piperidine rings is 1. The van der Waals surface area contributed by atoms with Gasteiger partial charge in [-0.05, 0) is 31.0 Å². The summed E-state index contributed by atoms with van der Waals surface area (Å²) < 4.78 is 8.06. The molecule has 2 aromatic rings. The maximum absolute atomic E-state index is 6.07. The number of nitrogens with one attached hydrogen (secondary N) is 1. The van der Waals surface area contributed by atoms with Gasteiger partial charge in [0.1, 0.15) is 11.9 Å². The van der Waals surface area contributed by atoms with Gasteiger partial charge < -0.3 is 15.0 Å². The minimum Gasteiger partial charge on any atom is -0.490 e. The van der Waals surface area contributed by atoms with Crippen molar-refractivity contribution in [2.24, 2.45) is 4.99 Å². The van der Waals surface area contributed by atoms with Crippen molar-refractivity contribution < 1.29 is 4.74 Å². The molecule has 1 fully saturated rings. The van der Waals surface area contributed by atoms with E-state index in [1.165, 1.54) is 5.56 Å². The van der Waals surface area contributed by atoms with Gasteiger partial charge in [-0.3, -0.25) is 9.67 Å². The largest absolute Gasteiger partial charge is 0.490 e. The van der Waals surface area contributed by atoms with E-state index >= 15 is 0 Å². The third-order valence-electron chi connectivity index (χ3n) is 4.61. The summed E-state index contributed by atoms with van der Waals surface area (Å²) in [5, 5.41) is 7.79. The molecule has 0 unspecified atom stereocenters. The Hall–Kier alpha value is -1.77. The highest BCUT2D eigenvalue weighted by Gasteiger charge is 2.22. The summed E-state index contributed by atoms with van der Waals surface area (Å²) in [6.07, 6.45) is 7.31. The molecular weight excluding hydrogens is 453 g/mol. The van der Waals surface area contributed by atoms with Crippen molar-refractivity contribution >= 4 is 29.9 Å². The molecule has 0 amide bonds. The van der Waals surface area contributed by atoms with Crippen LogP contribution in [0.1, 0.15) is 24.8 Å². The molecule has 6 nitrogen and oxygen atoms in total. The highest BCUT2D eigenvalue weighted by atomic mass is 127. The Bertz CT molecular complexity index is 695. The van der Waals surface area contributed by atoms with Crippen molar-refractivity contribution in [3.8, 4) is 5.75 Å². The van der Waals surface area contributed by atoms with Crippen LogP contribution in [0, 0.1) is 6.92 Å². The van der Waals surface area contributed by atoms with Gasteiger partial charge in [0.05, 0.1) is 6.20 Å². The van der Waals surface area contributed by atoms with E-state index in [0.717, 1.165) is 57.2 Å². The van der Waals surface area contributed by atoms with Crippen LogP contribution in [-0.2, 0) is 6.54 Å². The van der Waals surface area contributed by atoms with Gasteiger partial charge in [0.2, 0.25) is 0 Å². The van der Waals surface area contributed by atoms with Gasteiger partial charge in [-0.2, -0.15) is 5.10 Å². The first kappa shape index (κ1) is 21.5. The van der Waals surface area contributed by atoms with Crippen molar-refractivity contribution in [2.75, 3.05) is 26.7 Å². The van der Waals surface area contributed by atoms with Crippen LogP contribution < -0.4 is 10.1 Å². The van der Waals surface area contributed by atoms with Crippen LogP contribution in [0.15, 0.2) is 47.7 Å². The molecule has 1 aromatic heterocycles. The normalized spacial score (nSPS) is 15.3. The Kier molecular flexibility index (Phi) is 8.90. The predicted molar refractivity (Wildman–Crippen MR) is 120 cm³/mol. The van der Waals surface area contributed by atoms with E-state index in [-0.39, 0.29) is 30.1 Å². The number of aliphatic imine (C=N–C) groups is 1. The number of rotatable bonds is 6. The topological polar surface area (TPSA) is 54.7 Å². The summed E-state index contributed by atoms with van der Waals surface area (Å²) in [5.74, 6) is 1.95. The van der Waals surface area contributed by atoms with Gasteiger partial charge in [0.15, 0.2) is 5.96 Å². The first-order chi connectivity index (χ1) is 12.7. The molecule has 1 aliphatic heterocycles. The molecule has 1 N–H and O–H groups in total. The van der Waals surface area contributed by atoms with Crippen molar-refractivity contribution in [1.29, 1.82) is 0 Å². The molecule has 0 radical (unpaired) electrons. The molecule has 0 aliphatic carbocycles. The van der Waals surface area contributed by atoms with Crippen molar-refractivity contribution in [2.45, 2.75) is 38.8 Å². The van der Waals surface area contributed by atoms with Crippen LogP contribution in [-0.4, -0.2) is 53.4 Å². The number of likely N-dealkylation sites (tertiary alicyclic amines) is 1. The average molecular weight is 483 g/mol. The minimum atomic E-state index is 0. The lowest BCUT2D eigenvalue weighted by Crippen LogP contribution is -2.47. The average Bonchev–Trinajstić information content (AvgIpc) is 3.09. The highest BCUT2D eigenvalue weighted by Crippen LogP contribution is 2.18. The number of ether oxygens (including phenoxy) is 1. The molecule has 7 heteroatoms. The number of hydrogen-bond donors (Lipinski definition) is 1. The Morgan fingerprint density at radius 1 is 1.26 bits per heavy atom. The van der Waals surface area contributed by atoms with Crippen LogP contribution in [0.5, 0.6) is 5.75 Å². The third-order valence-corrected chi connectivity index (χ3v) is 4.61. The number of hydrogen-bond acceptors (Lipinski definition) is 3. The summed E-state index contributed by atoms with van der Waals surface area (Å²) >= 11 is 0. The molecule has 1 saturated heterocycles. The Labute approximate surface area is 179 Å². The highest BCUT2D eigenvalue weighted by molar-refractivity contribution is 14.0. The fourth-order valence-electron chi connectivity index (χ4n) is 3.24. The maximum Gasteiger partial charge on any atom is 0.193 e. The Morgan fingerprint density at radius 2 is 2.00 bits per heavy atom. The molecule has 148 valence electrons. The number of benzene rings is 1. The predicted octanol–water partition coefficient (Wildman–Crippen LogP) is 3.32. The molecule has 3 rings (SSSR count). The van der Waals surface area contributed by atoms with E-state index in [1.54, 1.807) is 0 Å². The number of aryl methyl sites for hydroxylation is 2. The van der Waals surface area contributed by atoms with Crippen LogP contribution in [0.3, 0.4) is 0 Å². The zero-order valence-electron chi connectivity index (χ0n) is 16.2. The SMILES string of the molecule is CN=C(NCCCn1cc(C)cn1)N1CCC(Oc2ccccc2)CC1.I. The Morgan fingerprint density at radius 3 is 2.63 bits per heavy atom. The zero-order valence-corrected chi connectivity index (χ0v) is 18.5. The maximum atomic E-state index is 6.07. The second-order valence-corrected chi connectivity index (χ2v) is 6.73. The van der Waals surface area contributed by atoms with E-state index in [4.69, 9.17) is 4.74 Å². The second-order valence-electron chi connectivity index (χ2n) is 6.73. The first-order valence-electron chi connectivity index (χ1n) is 9.41. The summed E-state index contributed by atoms with van der Waals surface area (Å²) in [7, 11) is 1.85. The molecule has 0 bridgehead atoms. The summed E-state index contributed by atoms with van der Waals surface area (Å²) in [4.78, 5) is 6.76. The molecule has 0 saturated carbocycles. The number of halogens is 1. The van der Waals surface area contributed by atoms with E-state index in [2.05, 4.69) is 33.4 Å². The smallest absolute Gasteiger partial charge is 0.193 e. The van der Waals surface area contributed by atoms with Gasteiger partial charge in [-0.1, -0.05) is 18.2 Å². The molecule has 0 atom stereocenters. The summed E-state index contributed by atoms with van der Waals surface area (Å²) in [6.45, 7) is 5.82. The molecule has 1 aliphatic rings. The molecule has 0 spiro atoms. The van der Waals surface area contributed by atoms with Crippen LogP contribution in [0.2, 0.25) is 0 Å². The van der Waals surface area contributed by atoms with Gasteiger partial charge in [-0.25, -0.2) is 0 Å². The van der Waals surface area contributed by atoms with Gasteiger partial charge in [0, 0.05) is 52.3 Å². The number of para-hydroxylation sites is 1. The van der Waals surface area contributed by atoms with Gasteiger partial charge in [-0.15, -0.1) is 24.0 Å². The van der Waals surface area contributed by atoms with Gasteiger partial charge in [0.25, 0.3) is 0 Å². The van der Waals surface area contributed by atoms with E-state index in [9.17, 15) is 0 Å². The second kappa shape index (κ2) is 11.2.